The minimum absolute atomic E-state index is 0.0443. The number of carbonyl (C=O) groups is 2. The van der Waals surface area contributed by atoms with Gasteiger partial charge >= 0.3 is 0 Å². The lowest BCUT2D eigenvalue weighted by Gasteiger charge is -2.50. The fourth-order valence-corrected chi connectivity index (χ4v) is 5.39. The normalized spacial score (nSPS) is 39.6. The van der Waals surface area contributed by atoms with Gasteiger partial charge < -0.3 is 0 Å². The molecule has 2 fully saturated rings. The van der Waals surface area contributed by atoms with Gasteiger partial charge in [0.2, 0.25) is 0 Å². The second-order valence-electron chi connectivity index (χ2n) is 8.38. The van der Waals surface area contributed by atoms with Crippen LogP contribution >= 0.6 is 0 Å². The van der Waals surface area contributed by atoms with Crippen molar-refractivity contribution in [3.8, 4) is 0 Å². The Morgan fingerprint density at radius 1 is 1.00 bits per heavy atom. The molecule has 0 N–H and O–H groups in total. The van der Waals surface area contributed by atoms with Crippen LogP contribution in [-0.4, -0.2) is 11.6 Å². The highest BCUT2D eigenvalue weighted by Crippen LogP contribution is 2.55. The van der Waals surface area contributed by atoms with E-state index >= 15 is 0 Å². The molecule has 3 rings (SSSR count). The Balaban J connectivity index is 2.09. The Morgan fingerprint density at radius 3 is 2.43 bits per heavy atom. The van der Waals surface area contributed by atoms with Crippen LogP contribution in [0.3, 0.4) is 0 Å². The lowest BCUT2D eigenvalue weighted by atomic mass is 9.53. The average molecular weight is 288 g/mol. The summed E-state index contributed by atoms with van der Waals surface area (Å²) >= 11 is 0. The molecule has 0 aliphatic heterocycles. The summed E-state index contributed by atoms with van der Waals surface area (Å²) in [6.07, 6.45) is 6.65. The maximum atomic E-state index is 13.2. The Morgan fingerprint density at radius 2 is 1.71 bits per heavy atom. The average Bonchev–Trinajstić information content (AvgIpc) is 2.36. The number of fused-ring (bicyclic) bond motifs is 3. The number of allylic oxidation sites excluding steroid dienone is 2. The zero-order valence-corrected chi connectivity index (χ0v) is 13.9. The molecule has 0 aromatic rings. The number of hydrogen-bond donors (Lipinski definition) is 0. The fraction of sp³-hybridized carbons (Fsp3) is 0.789. The zero-order chi connectivity index (χ0) is 15.4. The minimum atomic E-state index is -0.324. The summed E-state index contributed by atoms with van der Waals surface area (Å²) in [7, 11) is 0. The predicted octanol–water partition coefficient (Wildman–Crippen LogP) is 4.48. The largest absolute Gasteiger partial charge is 0.299 e. The molecule has 3 aliphatic rings. The van der Waals surface area contributed by atoms with Gasteiger partial charge in [-0.25, -0.2) is 0 Å². The molecule has 0 aromatic heterocycles. The molecule has 116 valence electrons. The summed E-state index contributed by atoms with van der Waals surface area (Å²) in [4.78, 5) is 25.8. The molecule has 2 nitrogen and oxygen atoms in total. The zero-order valence-electron chi connectivity index (χ0n) is 13.9. The Labute approximate surface area is 128 Å². The second kappa shape index (κ2) is 4.79. The van der Waals surface area contributed by atoms with E-state index in [-0.39, 0.29) is 34.2 Å². The van der Waals surface area contributed by atoms with Crippen LogP contribution in [0.2, 0.25) is 0 Å². The van der Waals surface area contributed by atoms with Crippen molar-refractivity contribution >= 4 is 11.6 Å². The van der Waals surface area contributed by atoms with Crippen molar-refractivity contribution in [3.05, 3.63) is 11.1 Å². The summed E-state index contributed by atoms with van der Waals surface area (Å²) < 4.78 is 0. The van der Waals surface area contributed by atoms with Crippen molar-refractivity contribution in [1.29, 1.82) is 0 Å². The van der Waals surface area contributed by atoms with E-state index in [4.69, 9.17) is 0 Å². The van der Waals surface area contributed by atoms with E-state index < -0.39 is 0 Å². The van der Waals surface area contributed by atoms with Crippen LogP contribution in [0.1, 0.15) is 72.6 Å². The molecule has 0 aromatic carbocycles. The molecule has 0 radical (unpaired) electrons. The summed E-state index contributed by atoms with van der Waals surface area (Å²) in [6, 6.07) is 0. The molecule has 0 heterocycles. The van der Waals surface area contributed by atoms with Gasteiger partial charge in [-0.1, -0.05) is 31.9 Å². The van der Waals surface area contributed by atoms with Gasteiger partial charge in [0, 0.05) is 12.3 Å². The van der Waals surface area contributed by atoms with Gasteiger partial charge in [0.05, 0.1) is 5.92 Å². The highest BCUT2D eigenvalue weighted by molar-refractivity contribution is 6.05. The Kier molecular flexibility index (Phi) is 3.42. The van der Waals surface area contributed by atoms with E-state index in [2.05, 4.69) is 27.7 Å². The molecule has 0 amide bonds. The third-order valence-corrected chi connectivity index (χ3v) is 6.74. The van der Waals surface area contributed by atoms with Crippen molar-refractivity contribution in [2.75, 3.05) is 0 Å². The number of Topliss-reactive ketones (excluding diaryl/α,β-unsaturated/α-hetero) is 2. The molecule has 2 bridgehead atoms. The molecular formula is C19H28O2. The van der Waals surface area contributed by atoms with Gasteiger partial charge in [-0.2, -0.15) is 0 Å². The summed E-state index contributed by atoms with van der Waals surface area (Å²) in [5.74, 6) is 0.203. The Hall–Kier alpha value is -0.920. The summed E-state index contributed by atoms with van der Waals surface area (Å²) in [5.41, 5.74) is 2.85. The molecule has 0 unspecified atom stereocenters. The summed E-state index contributed by atoms with van der Waals surface area (Å²) in [5, 5.41) is 0. The van der Waals surface area contributed by atoms with Gasteiger partial charge in [-0.15, -0.1) is 0 Å². The second-order valence-corrected chi connectivity index (χ2v) is 8.38. The van der Waals surface area contributed by atoms with Crippen molar-refractivity contribution in [1.82, 2.24) is 0 Å². The van der Waals surface area contributed by atoms with E-state index in [1.807, 2.05) is 0 Å². The van der Waals surface area contributed by atoms with Crippen molar-refractivity contribution in [2.24, 2.45) is 22.7 Å². The van der Waals surface area contributed by atoms with Crippen LogP contribution in [0.25, 0.3) is 0 Å². The Bertz CT molecular complexity index is 526. The quantitative estimate of drug-likeness (QED) is 0.486. The smallest absolute Gasteiger partial charge is 0.147 e. The molecule has 0 spiro atoms. The van der Waals surface area contributed by atoms with Crippen LogP contribution in [-0.2, 0) is 9.59 Å². The van der Waals surface area contributed by atoms with E-state index in [1.165, 1.54) is 11.1 Å². The first kappa shape index (κ1) is 15.0. The van der Waals surface area contributed by atoms with Gasteiger partial charge in [-0.3, -0.25) is 9.59 Å². The summed E-state index contributed by atoms with van der Waals surface area (Å²) in [6.45, 7) is 8.88. The highest BCUT2D eigenvalue weighted by Gasteiger charge is 2.53. The van der Waals surface area contributed by atoms with E-state index in [0.29, 0.717) is 6.42 Å². The highest BCUT2D eigenvalue weighted by atomic mass is 16.2. The molecule has 2 heteroatoms. The van der Waals surface area contributed by atoms with Crippen LogP contribution in [0.5, 0.6) is 0 Å². The predicted molar refractivity (Wildman–Crippen MR) is 83.9 cm³/mol. The first-order valence-electron chi connectivity index (χ1n) is 8.53. The van der Waals surface area contributed by atoms with Crippen LogP contribution in [0.4, 0.5) is 0 Å². The molecule has 21 heavy (non-hydrogen) atoms. The van der Waals surface area contributed by atoms with E-state index in [1.54, 1.807) is 0 Å². The molecule has 3 aliphatic carbocycles. The van der Waals surface area contributed by atoms with E-state index in [9.17, 15) is 9.59 Å². The lowest BCUT2D eigenvalue weighted by molar-refractivity contribution is -0.147. The van der Waals surface area contributed by atoms with E-state index in [0.717, 1.165) is 38.5 Å². The first-order valence-corrected chi connectivity index (χ1v) is 8.53. The van der Waals surface area contributed by atoms with Gasteiger partial charge in [0.15, 0.2) is 0 Å². The number of carbonyl (C=O) groups excluding carboxylic acids is 2. The van der Waals surface area contributed by atoms with Crippen LogP contribution in [0, 0.1) is 22.7 Å². The third kappa shape index (κ3) is 2.13. The van der Waals surface area contributed by atoms with Crippen molar-refractivity contribution < 1.29 is 9.59 Å². The van der Waals surface area contributed by atoms with Crippen molar-refractivity contribution in [3.63, 3.8) is 0 Å². The monoisotopic (exact) mass is 288 g/mol. The maximum Gasteiger partial charge on any atom is 0.147 e. The lowest BCUT2D eigenvalue weighted by Crippen LogP contribution is -2.50. The standard InChI is InChI=1S/C19H28O2/c1-12-7-8-14-17(21)16-15(20)6-5-10-19(16,4)11-9-13(12)18(14,2)3/h14,16H,5-11H2,1-4H3/t14-,16-,19+/m1/s1. The SMILES string of the molecule is CC1=C2CC[C@]3(C)CCCC(=O)[C@@H]3C(=O)[C@@H](CC1)C2(C)C. The number of rotatable bonds is 0. The van der Waals surface area contributed by atoms with Gasteiger partial charge in [0.25, 0.3) is 0 Å². The fourth-order valence-electron chi connectivity index (χ4n) is 5.39. The minimum Gasteiger partial charge on any atom is -0.299 e. The first-order chi connectivity index (χ1) is 9.77. The third-order valence-electron chi connectivity index (χ3n) is 6.74. The molecule has 2 saturated carbocycles. The van der Waals surface area contributed by atoms with Gasteiger partial charge in [-0.05, 0) is 56.3 Å². The van der Waals surface area contributed by atoms with Crippen LogP contribution < -0.4 is 0 Å². The molecule has 0 saturated heterocycles. The van der Waals surface area contributed by atoms with Gasteiger partial charge in [0.1, 0.15) is 11.6 Å². The topological polar surface area (TPSA) is 34.1 Å². The molecular weight excluding hydrogens is 260 g/mol. The number of hydrogen-bond acceptors (Lipinski definition) is 2. The van der Waals surface area contributed by atoms with Crippen LogP contribution in [0.15, 0.2) is 11.1 Å². The molecule has 3 atom stereocenters. The van der Waals surface area contributed by atoms with Crippen molar-refractivity contribution in [2.45, 2.75) is 72.6 Å². The number of ketones is 2. The maximum absolute atomic E-state index is 13.2.